The number of nitrogens with two attached hydrogens (primary N) is 1. The van der Waals surface area contributed by atoms with Crippen molar-refractivity contribution in [2.45, 2.75) is 106 Å². The molecule has 6 aliphatic rings. The van der Waals surface area contributed by atoms with Gasteiger partial charge in [-0.1, -0.05) is 44.2 Å². The molecule has 11 atom stereocenters. The highest BCUT2D eigenvalue weighted by atomic mass is 16.5. The normalized spacial score (nSPS) is 36.5. The molecule has 8 N–H and O–H groups in total. The number of benzene rings is 2. The van der Waals surface area contributed by atoms with E-state index in [4.69, 9.17) is 25.4 Å². The Hall–Kier alpha value is -4.51. The maximum absolute atomic E-state index is 15.2. The van der Waals surface area contributed by atoms with Crippen LogP contribution in [0.4, 0.5) is 5.69 Å². The molecule has 15 heteroatoms. The van der Waals surface area contributed by atoms with Gasteiger partial charge in [-0.2, -0.15) is 0 Å². The number of primary amides is 1. The summed E-state index contributed by atoms with van der Waals surface area (Å²) in [5.74, 6) is -2.19. The standard InChI is InChI=1S/C43H55N5O7.C3H6O3/c1-6-39(52)21-25-22-42(38(51)55-5,33-27(13-17-47(23-25)24-39)26-11-8-9-12-30(26)45-33)29-19-28-31(20-32(29)54-4)46(3)35-41(28)15-18-48-16-10-14-40(7-2,34(41)48)36(49)43(35,53)37(44)50;1-2(4)3(5)6/h8-12,14,19-20,25,34-36,45,49,52-53H,6-7,13,15-18,21-24H2,1-5H3,(H2,44,50);2,4H,1H3,(H,5,6)/t25-,34+,35-,36-,39+,40-,41-,42+,43+;/m1./s1. The van der Waals surface area contributed by atoms with E-state index >= 15 is 4.79 Å². The van der Waals surface area contributed by atoms with E-state index in [-0.39, 0.29) is 12.0 Å². The highest BCUT2D eigenvalue weighted by molar-refractivity contribution is 5.95. The van der Waals surface area contributed by atoms with Crippen LogP contribution in [0.25, 0.3) is 10.9 Å². The first-order valence-electron chi connectivity index (χ1n) is 21.6. The molecule has 1 amide bonds. The van der Waals surface area contributed by atoms with Crippen molar-refractivity contribution in [2.75, 3.05) is 58.9 Å². The molecule has 1 spiro atoms. The smallest absolute Gasteiger partial charge is 0.332 e. The van der Waals surface area contributed by atoms with Gasteiger partial charge in [-0.05, 0) is 81.2 Å². The highest BCUT2D eigenvalue weighted by Gasteiger charge is 2.78. The number of anilines is 1. The van der Waals surface area contributed by atoms with Crippen molar-refractivity contribution in [3.63, 3.8) is 0 Å². The predicted octanol–water partition coefficient (Wildman–Crippen LogP) is 2.18. The molecule has 9 rings (SSSR count). The molecule has 2 bridgehead atoms. The Balaban J connectivity index is 0.000000800. The summed E-state index contributed by atoms with van der Waals surface area (Å²) >= 11 is 0. The van der Waals surface area contributed by atoms with Gasteiger partial charge in [0, 0.05) is 84.0 Å². The van der Waals surface area contributed by atoms with E-state index in [1.54, 1.807) is 7.11 Å². The van der Waals surface area contributed by atoms with Crippen LogP contribution in [-0.2, 0) is 36.4 Å². The van der Waals surface area contributed by atoms with Gasteiger partial charge in [0.15, 0.2) is 5.60 Å². The van der Waals surface area contributed by atoms with Crippen LogP contribution >= 0.6 is 0 Å². The van der Waals surface area contributed by atoms with Crippen molar-refractivity contribution in [1.29, 1.82) is 0 Å². The number of carbonyl (C=O) groups is 3. The average molecular weight is 844 g/mol. The van der Waals surface area contributed by atoms with Gasteiger partial charge in [0.2, 0.25) is 0 Å². The summed E-state index contributed by atoms with van der Waals surface area (Å²) in [6.07, 6.45) is 4.55. The molecular formula is C46H61N5O10. The number of methoxy groups -OCH3 is 2. The largest absolute Gasteiger partial charge is 0.496 e. The van der Waals surface area contributed by atoms with Gasteiger partial charge in [0.25, 0.3) is 5.91 Å². The van der Waals surface area contributed by atoms with Gasteiger partial charge in [0.05, 0.1) is 25.9 Å². The lowest BCUT2D eigenvalue weighted by Crippen LogP contribution is -2.81. The number of aromatic nitrogens is 1. The van der Waals surface area contributed by atoms with Gasteiger partial charge in [0.1, 0.15) is 23.4 Å². The van der Waals surface area contributed by atoms with E-state index in [1.165, 1.54) is 14.0 Å². The van der Waals surface area contributed by atoms with Crippen molar-refractivity contribution in [3.05, 3.63) is 70.9 Å². The first-order chi connectivity index (χ1) is 28.9. The number of hydrogen-bond donors (Lipinski definition) is 7. The third-order valence-corrected chi connectivity index (χ3v) is 15.6. The maximum atomic E-state index is 15.2. The van der Waals surface area contributed by atoms with E-state index < -0.39 is 63.5 Å². The van der Waals surface area contributed by atoms with Gasteiger partial charge in [-0.25, -0.2) is 4.79 Å². The zero-order valence-corrected chi connectivity index (χ0v) is 36.0. The lowest BCUT2D eigenvalue weighted by Gasteiger charge is -2.63. The molecule has 330 valence electrons. The SMILES string of the molecule is CC(O)C(=O)O.CC[C@]1(O)C[C@H]2CN(CCc3c([nH]c4ccccc34)[C@@](C(=O)OC)(c3cc4c(cc3OC)N(C)[C@H]3[C@@](O)(C(N)=O)[C@H](O)[C@]5(CC)C=CCN6CC[C@]43[C@@H]65)C2)C1. The molecule has 1 aromatic heterocycles. The van der Waals surface area contributed by atoms with Crippen LogP contribution in [0.2, 0.25) is 0 Å². The van der Waals surface area contributed by atoms with Crippen molar-refractivity contribution in [3.8, 4) is 5.75 Å². The Morgan fingerprint density at radius 2 is 1.75 bits per heavy atom. The number of amides is 1. The van der Waals surface area contributed by atoms with Crippen molar-refractivity contribution in [2.24, 2.45) is 17.1 Å². The fourth-order valence-corrected chi connectivity index (χ4v) is 13.1. The van der Waals surface area contributed by atoms with Crippen LogP contribution < -0.4 is 15.4 Å². The molecule has 15 nitrogen and oxygen atoms in total. The Morgan fingerprint density at radius 1 is 1.03 bits per heavy atom. The molecule has 3 fully saturated rings. The number of aliphatic hydroxyl groups is 4. The van der Waals surface area contributed by atoms with Crippen LogP contribution in [0.15, 0.2) is 48.6 Å². The minimum Gasteiger partial charge on any atom is -0.496 e. The molecule has 1 aliphatic carbocycles. The number of carboxylic acids is 1. The van der Waals surface area contributed by atoms with Crippen LogP contribution in [0.5, 0.6) is 5.75 Å². The molecule has 2 unspecified atom stereocenters. The second kappa shape index (κ2) is 15.1. The molecule has 6 heterocycles. The lowest BCUT2D eigenvalue weighted by atomic mass is 9.47. The number of fused-ring (bicyclic) bond motifs is 6. The first-order valence-corrected chi connectivity index (χ1v) is 21.6. The number of carboxylic acid groups (broad SMARTS) is 1. The molecule has 2 aromatic carbocycles. The summed E-state index contributed by atoms with van der Waals surface area (Å²) in [5.41, 5.74) is 4.72. The summed E-state index contributed by atoms with van der Waals surface area (Å²) in [7, 11) is 4.89. The van der Waals surface area contributed by atoms with E-state index in [0.29, 0.717) is 69.5 Å². The molecule has 1 saturated carbocycles. The average Bonchev–Trinajstić information content (AvgIpc) is 3.91. The summed E-state index contributed by atoms with van der Waals surface area (Å²) in [6, 6.07) is 11.0. The Bertz CT molecular complexity index is 2280. The van der Waals surface area contributed by atoms with E-state index in [2.05, 4.69) is 26.9 Å². The lowest BCUT2D eigenvalue weighted by molar-refractivity contribution is -0.201. The van der Waals surface area contributed by atoms with E-state index in [1.807, 2.05) is 62.2 Å². The second-order valence-corrected chi connectivity index (χ2v) is 18.5. The quantitative estimate of drug-likeness (QED) is 0.134. The topological polar surface area (TPSA) is 222 Å². The number of aliphatic hydroxyl groups excluding tert-OH is 2. The number of aliphatic carboxylic acids is 1. The molecule has 5 aliphatic heterocycles. The second-order valence-electron chi connectivity index (χ2n) is 18.5. The number of piperidine rings is 1. The molecular weight excluding hydrogens is 783 g/mol. The zero-order valence-electron chi connectivity index (χ0n) is 36.0. The van der Waals surface area contributed by atoms with E-state index in [0.717, 1.165) is 46.5 Å². The minimum atomic E-state index is -2.30. The summed E-state index contributed by atoms with van der Waals surface area (Å²) in [6.45, 7) is 8.59. The number of esters is 1. The highest BCUT2D eigenvalue weighted by Crippen LogP contribution is 2.67. The Morgan fingerprint density at radius 3 is 2.39 bits per heavy atom. The fraction of sp³-hybridized carbons (Fsp3) is 0.587. The van der Waals surface area contributed by atoms with Crippen molar-refractivity contribution < 1.29 is 49.4 Å². The third-order valence-electron chi connectivity index (χ3n) is 15.6. The van der Waals surface area contributed by atoms with Gasteiger partial charge in [-0.15, -0.1) is 0 Å². The maximum Gasteiger partial charge on any atom is 0.332 e. The molecule has 61 heavy (non-hydrogen) atoms. The first kappa shape index (κ1) is 43.2. The molecule has 0 radical (unpaired) electrons. The monoisotopic (exact) mass is 843 g/mol. The van der Waals surface area contributed by atoms with Crippen molar-refractivity contribution in [1.82, 2.24) is 14.8 Å². The zero-order chi connectivity index (χ0) is 44.0. The Labute approximate surface area is 356 Å². The van der Waals surface area contributed by atoms with Gasteiger partial charge < -0.3 is 50.6 Å². The minimum absolute atomic E-state index is 0.0790. The van der Waals surface area contributed by atoms with Crippen LogP contribution in [-0.4, -0.2) is 148 Å². The number of H-pyrrole nitrogens is 1. The fourth-order valence-electron chi connectivity index (χ4n) is 13.1. The summed E-state index contributed by atoms with van der Waals surface area (Å²) < 4.78 is 12.2. The molecule has 2 saturated heterocycles. The predicted molar refractivity (Wildman–Crippen MR) is 227 cm³/mol. The van der Waals surface area contributed by atoms with Crippen LogP contribution in [0.1, 0.15) is 75.3 Å². The van der Waals surface area contributed by atoms with Gasteiger partial charge >= 0.3 is 11.9 Å². The summed E-state index contributed by atoms with van der Waals surface area (Å²) in [5, 5.41) is 53.7. The van der Waals surface area contributed by atoms with Crippen LogP contribution in [0, 0.1) is 11.3 Å². The van der Waals surface area contributed by atoms with Crippen LogP contribution in [0.3, 0.4) is 0 Å². The summed E-state index contributed by atoms with van der Waals surface area (Å²) in [4.78, 5) is 48.7. The van der Waals surface area contributed by atoms with Gasteiger partial charge in [-0.3, -0.25) is 19.4 Å². The number of hydrogen-bond acceptors (Lipinski definition) is 12. The Kier molecular flexibility index (Phi) is 10.7. The number of carbonyl (C=O) groups excluding carboxylic acids is 2. The number of para-hydroxylation sites is 1. The number of nitrogens with zero attached hydrogens (tertiary/aromatic N) is 3. The third kappa shape index (κ3) is 5.94. The number of aromatic amines is 1. The number of rotatable bonds is 7. The van der Waals surface area contributed by atoms with Crippen molar-refractivity contribution >= 4 is 34.4 Å². The number of likely N-dealkylation sites (N-methyl/N-ethyl adjacent to an activating group) is 1. The number of ether oxygens (including phenoxy) is 2. The molecule has 3 aromatic rings. The number of nitrogens with one attached hydrogen (secondary N) is 1. The van der Waals surface area contributed by atoms with E-state index in [9.17, 15) is 24.9 Å².